The Hall–Kier alpha value is -1.58. The van der Waals surface area contributed by atoms with Gasteiger partial charge in [-0.3, -0.25) is 9.59 Å². The highest BCUT2D eigenvalue weighted by Crippen LogP contribution is 2.24. The van der Waals surface area contributed by atoms with Gasteiger partial charge in [0.05, 0.1) is 5.92 Å². The average Bonchev–Trinajstić information content (AvgIpc) is 2.22. The van der Waals surface area contributed by atoms with E-state index in [1.807, 2.05) is 33.8 Å². The summed E-state index contributed by atoms with van der Waals surface area (Å²) < 4.78 is 0. The molecule has 1 amide bonds. The van der Waals surface area contributed by atoms with E-state index in [9.17, 15) is 9.59 Å². The molecule has 4 heteroatoms. The van der Waals surface area contributed by atoms with Crippen LogP contribution in [0.5, 0.6) is 0 Å². The molecule has 102 valence electrons. The summed E-state index contributed by atoms with van der Waals surface area (Å²) in [5.41, 5.74) is -0.0748. The Balaban J connectivity index is 4.28. The SMILES string of the molecule is CC=CC=CC(=O)NCC(CC(C)(C)C)C(=O)O. The van der Waals surface area contributed by atoms with Gasteiger partial charge in [-0.25, -0.2) is 0 Å². The molecule has 18 heavy (non-hydrogen) atoms. The second-order valence-corrected chi connectivity index (χ2v) is 5.43. The minimum atomic E-state index is -0.873. The minimum Gasteiger partial charge on any atom is -0.481 e. The molecule has 0 aromatic heterocycles. The molecule has 0 saturated carbocycles. The second-order valence-electron chi connectivity index (χ2n) is 5.43. The van der Waals surface area contributed by atoms with E-state index in [-0.39, 0.29) is 17.9 Å². The fourth-order valence-corrected chi connectivity index (χ4v) is 1.52. The number of carbonyl (C=O) groups is 2. The molecule has 0 bridgehead atoms. The number of hydrogen-bond acceptors (Lipinski definition) is 2. The van der Waals surface area contributed by atoms with Gasteiger partial charge in [-0.2, -0.15) is 0 Å². The van der Waals surface area contributed by atoms with Crippen molar-refractivity contribution < 1.29 is 14.7 Å². The molecule has 0 aliphatic rings. The summed E-state index contributed by atoms with van der Waals surface area (Å²) in [5.74, 6) is -1.69. The number of carboxylic acid groups (broad SMARTS) is 1. The molecule has 0 aromatic carbocycles. The maximum absolute atomic E-state index is 11.4. The van der Waals surface area contributed by atoms with E-state index < -0.39 is 11.9 Å². The molecule has 2 N–H and O–H groups in total. The Morgan fingerprint density at radius 1 is 1.28 bits per heavy atom. The lowest BCUT2D eigenvalue weighted by Gasteiger charge is -2.23. The quantitative estimate of drug-likeness (QED) is 0.564. The summed E-state index contributed by atoms with van der Waals surface area (Å²) in [6.45, 7) is 7.96. The smallest absolute Gasteiger partial charge is 0.308 e. The van der Waals surface area contributed by atoms with Gasteiger partial charge in [0.15, 0.2) is 0 Å². The van der Waals surface area contributed by atoms with Crippen molar-refractivity contribution in [3.8, 4) is 0 Å². The summed E-state index contributed by atoms with van der Waals surface area (Å²) in [4.78, 5) is 22.5. The molecule has 0 fully saturated rings. The maximum Gasteiger partial charge on any atom is 0.308 e. The molecule has 0 radical (unpaired) electrons. The van der Waals surface area contributed by atoms with Crippen LogP contribution in [0, 0.1) is 11.3 Å². The van der Waals surface area contributed by atoms with Gasteiger partial charge in [0.25, 0.3) is 0 Å². The van der Waals surface area contributed by atoms with Crippen molar-refractivity contribution >= 4 is 11.9 Å². The topological polar surface area (TPSA) is 66.4 Å². The predicted octanol–water partition coefficient (Wildman–Crippen LogP) is 2.37. The zero-order valence-electron chi connectivity index (χ0n) is 11.6. The van der Waals surface area contributed by atoms with Crippen LogP contribution in [0.15, 0.2) is 24.3 Å². The van der Waals surface area contributed by atoms with E-state index >= 15 is 0 Å². The summed E-state index contributed by atoms with van der Waals surface area (Å²) >= 11 is 0. The van der Waals surface area contributed by atoms with Gasteiger partial charge >= 0.3 is 5.97 Å². The number of amides is 1. The van der Waals surface area contributed by atoms with Crippen LogP contribution < -0.4 is 5.32 Å². The summed E-state index contributed by atoms with van der Waals surface area (Å²) in [7, 11) is 0. The highest BCUT2D eigenvalue weighted by Gasteiger charge is 2.24. The van der Waals surface area contributed by atoms with Crippen LogP contribution in [-0.4, -0.2) is 23.5 Å². The predicted molar refractivity (Wildman–Crippen MR) is 72.2 cm³/mol. The van der Waals surface area contributed by atoms with E-state index in [2.05, 4.69) is 5.32 Å². The molecular weight excluding hydrogens is 230 g/mol. The monoisotopic (exact) mass is 253 g/mol. The molecule has 4 nitrogen and oxygen atoms in total. The van der Waals surface area contributed by atoms with Crippen LogP contribution in [-0.2, 0) is 9.59 Å². The number of hydrogen-bond donors (Lipinski definition) is 2. The standard InChI is InChI=1S/C14H23NO3/c1-5-6-7-8-12(16)15-10-11(13(17)18)9-14(2,3)4/h5-8,11H,9-10H2,1-4H3,(H,15,16)(H,17,18). The third kappa shape index (κ3) is 8.56. The Labute approximate surface area is 109 Å². The third-order valence-corrected chi connectivity index (χ3v) is 2.28. The number of nitrogens with one attached hydrogen (secondary N) is 1. The van der Waals surface area contributed by atoms with Gasteiger partial charge in [-0.05, 0) is 18.8 Å². The summed E-state index contributed by atoms with van der Waals surface area (Å²) in [6, 6.07) is 0. The third-order valence-electron chi connectivity index (χ3n) is 2.28. The Morgan fingerprint density at radius 3 is 2.33 bits per heavy atom. The minimum absolute atomic E-state index is 0.0748. The van der Waals surface area contributed by atoms with Crippen LogP contribution in [0.2, 0.25) is 0 Å². The lowest BCUT2D eigenvalue weighted by Crippen LogP contribution is -2.34. The first kappa shape index (κ1) is 16.4. The van der Waals surface area contributed by atoms with Gasteiger partial charge in [-0.15, -0.1) is 0 Å². The second kappa shape index (κ2) is 7.69. The van der Waals surface area contributed by atoms with E-state index in [0.717, 1.165) is 0 Å². The Kier molecular flexibility index (Phi) is 7.01. The van der Waals surface area contributed by atoms with Crippen LogP contribution >= 0.6 is 0 Å². The first-order valence-corrected chi connectivity index (χ1v) is 6.06. The molecule has 0 heterocycles. The molecule has 0 saturated heterocycles. The average molecular weight is 253 g/mol. The Bertz CT molecular complexity index is 337. The summed E-state index contributed by atoms with van der Waals surface area (Å²) in [6.07, 6.45) is 7.08. The number of carbonyl (C=O) groups excluding carboxylic acids is 1. The summed E-state index contributed by atoms with van der Waals surface area (Å²) in [5, 5.41) is 11.7. The van der Waals surface area contributed by atoms with Crippen molar-refractivity contribution in [1.82, 2.24) is 5.32 Å². The van der Waals surface area contributed by atoms with Gasteiger partial charge in [0, 0.05) is 12.6 Å². The van der Waals surface area contributed by atoms with Gasteiger partial charge in [0.2, 0.25) is 5.91 Å². The van der Waals surface area contributed by atoms with Gasteiger partial charge in [0.1, 0.15) is 0 Å². The fourth-order valence-electron chi connectivity index (χ4n) is 1.52. The lowest BCUT2D eigenvalue weighted by molar-refractivity contribution is -0.142. The normalized spacial score (nSPS) is 14.0. The first-order valence-electron chi connectivity index (χ1n) is 6.06. The van der Waals surface area contributed by atoms with Crippen molar-refractivity contribution in [1.29, 1.82) is 0 Å². The number of aliphatic carboxylic acids is 1. The zero-order valence-corrected chi connectivity index (χ0v) is 11.6. The highest BCUT2D eigenvalue weighted by molar-refractivity contribution is 5.88. The van der Waals surface area contributed by atoms with Crippen molar-refractivity contribution in [2.75, 3.05) is 6.54 Å². The van der Waals surface area contributed by atoms with Crippen molar-refractivity contribution in [2.45, 2.75) is 34.1 Å². The molecule has 0 spiro atoms. The molecule has 0 aliphatic carbocycles. The largest absolute Gasteiger partial charge is 0.481 e. The van der Waals surface area contributed by atoms with E-state index in [1.54, 1.807) is 12.2 Å². The van der Waals surface area contributed by atoms with Crippen LogP contribution in [0.1, 0.15) is 34.1 Å². The zero-order chi connectivity index (χ0) is 14.2. The molecule has 0 aromatic rings. The first-order chi connectivity index (χ1) is 8.26. The lowest BCUT2D eigenvalue weighted by atomic mass is 9.84. The number of carboxylic acids is 1. The molecule has 1 atom stereocenters. The highest BCUT2D eigenvalue weighted by atomic mass is 16.4. The Morgan fingerprint density at radius 2 is 1.89 bits per heavy atom. The van der Waals surface area contributed by atoms with Gasteiger partial charge in [-0.1, -0.05) is 39.0 Å². The molecule has 0 aliphatic heterocycles. The van der Waals surface area contributed by atoms with E-state index in [4.69, 9.17) is 5.11 Å². The number of allylic oxidation sites excluding steroid dienone is 3. The van der Waals surface area contributed by atoms with Crippen LogP contribution in [0.3, 0.4) is 0 Å². The maximum atomic E-state index is 11.4. The number of rotatable bonds is 6. The van der Waals surface area contributed by atoms with Crippen molar-refractivity contribution in [3.63, 3.8) is 0 Å². The van der Waals surface area contributed by atoms with Crippen molar-refractivity contribution in [3.05, 3.63) is 24.3 Å². The van der Waals surface area contributed by atoms with E-state index in [0.29, 0.717) is 6.42 Å². The van der Waals surface area contributed by atoms with Gasteiger partial charge < -0.3 is 10.4 Å². The van der Waals surface area contributed by atoms with E-state index in [1.165, 1.54) is 6.08 Å². The van der Waals surface area contributed by atoms with Crippen LogP contribution in [0.25, 0.3) is 0 Å². The fraction of sp³-hybridized carbons (Fsp3) is 0.571. The molecular formula is C14H23NO3. The van der Waals surface area contributed by atoms with Crippen molar-refractivity contribution in [2.24, 2.45) is 11.3 Å². The molecule has 0 rings (SSSR count). The van der Waals surface area contributed by atoms with Crippen LogP contribution in [0.4, 0.5) is 0 Å². The molecule has 1 unspecified atom stereocenters.